The molecule has 1 aliphatic heterocycles. The second kappa shape index (κ2) is 5.71. The minimum absolute atomic E-state index is 0.0574. The predicted octanol–water partition coefficient (Wildman–Crippen LogP) is 1.16. The third-order valence-corrected chi connectivity index (χ3v) is 5.38. The summed E-state index contributed by atoms with van der Waals surface area (Å²) in [7, 11) is -3.24. The average Bonchev–Trinajstić information content (AvgIpc) is 2.81. The van der Waals surface area contributed by atoms with E-state index >= 15 is 0 Å². The van der Waals surface area contributed by atoms with Crippen LogP contribution in [-0.2, 0) is 10.0 Å². The molecule has 1 fully saturated rings. The highest BCUT2D eigenvalue weighted by molar-refractivity contribution is 7.89. The molecule has 6 heteroatoms. The predicted molar refractivity (Wildman–Crippen MR) is 77.3 cm³/mol. The summed E-state index contributed by atoms with van der Waals surface area (Å²) in [6.07, 6.45) is 0.401. The van der Waals surface area contributed by atoms with Crippen LogP contribution in [0.3, 0.4) is 0 Å². The summed E-state index contributed by atoms with van der Waals surface area (Å²) in [6.45, 7) is 4.13. The highest BCUT2D eigenvalue weighted by Gasteiger charge is 2.41. The van der Waals surface area contributed by atoms with Gasteiger partial charge in [-0.1, -0.05) is 12.1 Å². The number of rotatable bonds is 5. The van der Waals surface area contributed by atoms with Gasteiger partial charge in [0, 0.05) is 13.1 Å². The van der Waals surface area contributed by atoms with Gasteiger partial charge in [-0.25, -0.2) is 8.42 Å². The fraction of sp³-hybridized carbons (Fsp3) is 0.571. The van der Waals surface area contributed by atoms with Gasteiger partial charge in [0.25, 0.3) is 0 Å². The molecule has 1 aromatic rings. The molecule has 0 radical (unpaired) electrons. The van der Waals surface area contributed by atoms with Crippen LogP contribution in [-0.4, -0.2) is 48.9 Å². The van der Waals surface area contributed by atoms with Crippen LogP contribution < -0.4 is 4.74 Å². The van der Waals surface area contributed by atoms with Crippen molar-refractivity contribution in [2.45, 2.75) is 25.9 Å². The number of aryl methyl sites for hydroxylation is 1. The summed E-state index contributed by atoms with van der Waals surface area (Å²) in [5.74, 6) is 0.747. The van der Waals surface area contributed by atoms with Crippen LogP contribution in [0.5, 0.6) is 5.75 Å². The van der Waals surface area contributed by atoms with Gasteiger partial charge in [-0.2, -0.15) is 4.31 Å². The van der Waals surface area contributed by atoms with Gasteiger partial charge in [-0.05, 0) is 38.0 Å². The van der Waals surface area contributed by atoms with Crippen molar-refractivity contribution < 1.29 is 18.3 Å². The summed E-state index contributed by atoms with van der Waals surface area (Å²) in [6, 6.07) is 7.56. The first kappa shape index (κ1) is 15.3. The standard InChI is InChI=1S/C14H21NO4S/c1-3-20(17,18)15-8-7-14(16,10-15)11-19-13-6-4-5-12(2)9-13/h4-6,9,16H,3,7-8,10-11H2,1-2H3/t14-/m0/s1. The Labute approximate surface area is 120 Å². The molecule has 1 N–H and O–H groups in total. The topological polar surface area (TPSA) is 66.8 Å². The number of aliphatic hydroxyl groups is 1. The largest absolute Gasteiger partial charge is 0.491 e. The summed E-state index contributed by atoms with van der Waals surface area (Å²) in [5, 5.41) is 10.4. The van der Waals surface area contributed by atoms with Gasteiger partial charge in [-0.3, -0.25) is 0 Å². The van der Waals surface area contributed by atoms with E-state index in [1.54, 1.807) is 6.92 Å². The van der Waals surface area contributed by atoms with Crippen molar-refractivity contribution >= 4 is 10.0 Å². The highest BCUT2D eigenvalue weighted by Crippen LogP contribution is 2.25. The molecule has 0 aliphatic carbocycles. The van der Waals surface area contributed by atoms with Crippen molar-refractivity contribution in [2.75, 3.05) is 25.4 Å². The summed E-state index contributed by atoms with van der Waals surface area (Å²) in [4.78, 5) is 0. The molecule has 0 amide bonds. The number of nitrogens with zero attached hydrogens (tertiary/aromatic N) is 1. The maximum atomic E-state index is 11.8. The fourth-order valence-electron chi connectivity index (χ4n) is 2.28. The molecule has 0 saturated carbocycles. The zero-order valence-electron chi connectivity index (χ0n) is 11.9. The Bertz CT molecular complexity index is 572. The van der Waals surface area contributed by atoms with Crippen molar-refractivity contribution in [3.63, 3.8) is 0 Å². The zero-order valence-corrected chi connectivity index (χ0v) is 12.7. The third kappa shape index (κ3) is 3.50. The van der Waals surface area contributed by atoms with Crippen molar-refractivity contribution in [1.29, 1.82) is 0 Å². The van der Waals surface area contributed by atoms with Crippen molar-refractivity contribution in [1.82, 2.24) is 4.31 Å². The summed E-state index contributed by atoms with van der Waals surface area (Å²) >= 11 is 0. The first-order valence-corrected chi connectivity index (χ1v) is 8.35. The van der Waals surface area contributed by atoms with E-state index in [9.17, 15) is 13.5 Å². The Morgan fingerprint density at radius 3 is 2.85 bits per heavy atom. The van der Waals surface area contributed by atoms with Crippen LogP contribution in [0.2, 0.25) is 0 Å². The number of sulfonamides is 1. The molecule has 1 aromatic carbocycles. The fourth-order valence-corrected chi connectivity index (χ4v) is 3.45. The molecule has 1 atom stereocenters. The minimum atomic E-state index is -3.24. The Morgan fingerprint density at radius 1 is 1.45 bits per heavy atom. The van der Waals surface area contributed by atoms with E-state index in [0.29, 0.717) is 18.7 Å². The Kier molecular flexibility index (Phi) is 4.36. The quantitative estimate of drug-likeness (QED) is 0.886. The maximum absolute atomic E-state index is 11.8. The van der Waals surface area contributed by atoms with Crippen LogP contribution in [0.4, 0.5) is 0 Å². The first-order valence-electron chi connectivity index (χ1n) is 6.74. The Hall–Kier alpha value is -1.11. The maximum Gasteiger partial charge on any atom is 0.213 e. The molecule has 1 heterocycles. The molecule has 112 valence electrons. The number of benzene rings is 1. The van der Waals surface area contributed by atoms with Gasteiger partial charge in [-0.15, -0.1) is 0 Å². The van der Waals surface area contributed by atoms with Gasteiger partial charge in [0.05, 0.1) is 5.75 Å². The molecule has 1 aliphatic rings. The molecule has 20 heavy (non-hydrogen) atoms. The summed E-state index contributed by atoms with van der Waals surface area (Å²) < 4.78 is 30.5. The third-order valence-electron chi connectivity index (χ3n) is 3.55. The van der Waals surface area contributed by atoms with Gasteiger partial charge >= 0.3 is 0 Å². The van der Waals surface area contributed by atoms with Crippen LogP contribution in [0.25, 0.3) is 0 Å². The monoisotopic (exact) mass is 299 g/mol. The lowest BCUT2D eigenvalue weighted by Gasteiger charge is -2.23. The first-order chi connectivity index (χ1) is 9.35. The second-order valence-corrected chi connectivity index (χ2v) is 7.57. The molecule has 0 bridgehead atoms. The van der Waals surface area contributed by atoms with Crippen molar-refractivity contribution in [3.05, 3.63) is 29.8 Å². The van der Waals surface area contributed by atoms with Crippen LogP contribution in [0.15, 0.2) is 24.3 Å². The van der Waals surface area contributed by atoms with Gasteiger partial charge in [0.15, 0.2) is 0 Å². The molecular weight excluding hydrogens is 278 g/mol. The van der Waals surface area contributed by atoms with E-state index in [1.807, 2.05) is 31.2 Å². The lowest BCUT2D eigenvalue weighted by molar-refractivity contribution is 0.00874. The van der Waals surface area contributed by atoms with E-state index < -0.39 is 15.6 Å². The molecule has 0 spiro atoms. The van der Waals surface area contributed by atoms with Crippen LogP contribution in [0.1, 0.15) is 18.9 Å². The van der Waals surface area contributed by atoms with E-state index in [-0.39, 0.29) is 18.9 Å². The highest BCUT2D eigenvalue weighted by atomic mass is 32.2. The van der Waals surface area contributed by atoms with Crippen LogP contribution in [0, 0.1) is 6.92 Å². The molecule has 0 unspecified atom stereocenters. The normalized spacial score (nSPS) is 23.9. The number of ether oxygens (including phenoxy) is 1. The number of hydrogen-bond acceptors (Lipinski definition) is 4. The van der Waals surface area contributed by atoms with Crippen molar-refractivity contribution in [2.24, 2.45) is 0 Å². The minimum Gasteiger partial charge on any atom is -0.491 e. The van der Waals surface area contributed by atoms with E-state index in [0.717, 1.165) is 5.56 Å². The lowest BCUT2D eigenvalue weighted by atomic mass is 10.1. The smallest absolute Gasteiger partial charge is 0.213 e. The van der Waals surface area contributed by atoms with E-state index in [1.165, 1.54) is 4.31 Å². The molecule has 1 saturated heterocycles. The van der Waals surface area contributed by atoms with Gasteiger partial charge in [0.2, 0.25) is 10.0 Å². The second-order valence-electron chi connectivity index (χ2n) is 5.31. The Morgan fingerprint density at radius 2 is 2.20 bits per heavy atom. The van der Waals surface area contributed by atoms with E-state index in [4.69, 9.17) is 4.74 Å². The molecule has 5 nitrogen and oxygen atoms in total. The zero-order chi connectivity index (χ0) is 14.8. The van der Waals surface area contributed by atoms with E-state index in [2.05, 4.69) is 0 Å². The number of β-amino-alcohol motifs (C(OH)–C–C–N with tert-alkyl or cyclic N) is 1. The van der Waals surface area contributed by atoms with Crippen molar-refractivity contribution in [3.8, 4) is 5.75 Å². The molecular formula is C14H21NO4S. The van der Waals surface area contributed by atoms with Crippen LogP contribution >= 0.6 is 0 Å². The molecule has 0 aromatic heterocycles. The Balaban J connectivity index is 1.97. The van der Waals surface area contributed by atoms with Gasteiger partial charge in [0.1, 0.15) is 18.0 Å². The summed E-state index contributed by atoms with van der Waals surface area (Å²) in [5.41, 5.74) is -0.0255. The number of hydrogen-bond donors (Lipinski definition) is 1. The lowest BCUT2D eigenvalue weighted by Crippen LogP contribution is -2.41. The SMILES string of the molecule is CCS(=O)(=O)N1CC[C@@](O)(COc2cccc(C)c2)C1. The van der Waals surface area contributed by atoms with Gasteiger partial charge < -0.3 is 9.84 Å². The average molecular weight is 299 g/mol. The molecule has 2 rings (SSSR count).